The molecule has 2 rings (SSSR count). The fraction of sp³-hybridized carbons (Fsp3) is 0.571. The van der Waals surface area contributed by atoms with Crippen LogP contribution in [0.4, 0.5) is 0 Å². The quantitative estimate of drug-likeness (QED) is 0.601. The van der Waals surface area contributed by atoms with Crippen LogP contribution >= 0.6 is 0 Å². The molecule has 0 fully saturated rings. The van der Waals surface area contributed by atoms with Gasteiger partial charge in [-0.15, -0.1) is 10.2 Å². The van der Waals surface area contributed by atoms with Crippen molar-refractivity contribution in [2.45, 2.75) is 19.5 Å². The Balaban J connectivity index is 2.43. The van der Waals surface area contributed by atoms with Gasteiger partial charge in [-0.05, 0) is 6.92 Å². The molecule has 0 aliphatic carbocycles. The van der Waals surface area contributed by atoms with Crippen molar-refractivity contribution in [1.29, 1.82) is 0 Å². The third-order valence-electron chi connectivity index (χ3n) is 2.15. The van der Waals surface area contributed by atoms with E-state index in [-0.39, 0.29) is 0 Å². The topological polar surface area (TPSA) is 80.0 Å². The summed E-state index contributed by atoms with van der Waals surface area (Å²) in [5.41, 5.74) is 0. The summed E-state index contributed by atoms with van der Waals surface area (Å²) in [4.78, 5) is 10.8. The number of rotatable bonds is 1. The molecule has 0 saturated heterocycles. The Morgan fingerprint density at radius 3 is 3.15 bits per heavy atom. The molecule has 1 aliphatic rings. The maximum Gasteiger partial charge on any atom is 0.328 e. The molecule has 0 saturated carbocycles. The average molecular weight is 182 g/mol. The van der Waals surface area contributed by atoms with Gasteiger partial charge in [0.05, 0.1) is 0 Å². The minimum Gasteiger partial charge on any atom is -0.480 e. The summed E-state index contributed by atoms with van der Waals surface area (Å²) in [6.45, 7) is 3.20. The van der Waals surface area contributed by atoms with Gasteiger partial charge in [-0.3, -0.25) is 10.1 Å². The van der Waals surface area contributed by atoms with Crippen molar-refractivity contribution in [2.75, 3.05) is 6.54 Å². The molecule has 1 aliphatic heterocycles. The van der Waals surface area contributed by atoms with Crippen molar-refractivity contribution in [2.24, 2.45) is 0 Å². The van der Waals surface area contributed by atoms with Crippen LogP contribution in [0.3, 0.4) is 0 Å². The molecule has 0 aromatic carbocycles. The van der Waals surface area contributed by atoms with E-state index in [0.29, 0.717) is 12.4 Å². The van der Waals surface area contributed by atoms with Crippen LogP contribution in [0.2, 0.25) is 0 Å². The van der Waals surface area contributed by atoms with Crippen LogP contribution in [0, 0.1) is 6.92 Å². The maximum atomic E-state index is 10.8. The number of aromatic nitrogens is 3. The number of hydrogen-bond donors (Lipinski definition) is 2. The minimum atomic E-state index is -0.909. The summed E-state index contributed by atoms with van der Waals surface area (Å²) in [6, 6.07) is -0.713. The number of nitrogens with one attached hydrogen (secondary N) is 1. The highest BCUT2D eigenvalue weighted by molar-refractivity contribution is 5.74. The van der Waals surface area contributed by atoms with Crippen LogP contribution in [0.25, 0.3) is 0 Å². The highest BCUT2D eigenvalue weighted by Crippen LogP contribution is 2.15. The average Bonchev–Trinajstić information content (AvgIpc) is 2.48. The van der Waals surface area contributed by atoms with E-state index in [2.05, 4.69) is 15.5 Å². The first-order valence-electron chi connectivity index (χ1n) is 4.06. The van der Waals surface area contributed by atoms with Crippen molar-refractivity contribution in [3.05, 3.63) is 11.6 Å². The molecule has 1 unspecified atom stereocenters. The van der Waals surface area contributed by atoms with Crippen LogP contribution in [0.5, 0.6) is 0 Å². The van der Waals surface area contributed by atoms with Gasteiger partial charge in [0.2, 0.25) is 0 Å². The van der Waals surface area contributed by atoms with Gasteiger partial charge in [-0.1, -0.05) is 0 Å². The van der Waals surface area contributed by atoms with Crippen molar-refractivity contribution in [1.82, 2.24) is 20.1 Å². The first kappa shape index (κ1) is 8.18. The molecule has 0 bridgehead atoms. The molecule has 1 aromatic heterocycles. The van der Waals surface area contributed by atoms with Crippen LogP contribution in [0.1, 0.15) is 17.7 Å². The predicted octanol–water partition coefficient (Wildman–Crippen LogP) is -0.685. The van der Waals surface area contributed by atoms with E-state index in [4.69, 9.17) is 5.11 Å². The third kappa shape index (κ3) is 1.19. The second-order valence-corrected chi connectivity index (χ2v) is 2.98. The van der Waals surface area contributed by atoms with E-state index < -0.39 is 12.0 Å². The lowest BCUT2D eigenvalue weighted by atomic mass is 10.2. The first-order chi connectivity index (χ1) is 6.20. The van der Waals surface area contributed by atoms with E-state index in [0.717, 1.165) is 12.4 Å². The van der Waals surface area contributed by atoms with E-state index >= 15 is 0 Å². The number of carboxylic acids is 1. The van der Waals surface area contributed by atoms with Gasteiger partial charge >= 0.3 is 5.97 Å². The molecule has 0 spiro atoms. The summed E-state index contributed by atoms with van der Waals surface area (Å²) in [5, 5.41) is 19.4. The molecule has 0 radical (unpaired) electrons. The molecule has 1 aromatic rings. The molecule has 2 N–H and O–H groups in total. The summed E-state index contributed by atoms with van der Waals surface area (Å²) in [5.74, 6) is 0.354. The number of hydrogen-bond acceptors (Lipinski definition) is 4. The Kier molecular flexibility index (Phi) is 1.77. The zero-order valence-electron chi connectivity index (χ0n) is 7.19. The Bertz CT molecular complexity index is 346. The number of carbonyl (C=O) groups is 1. The van der Waals surface area contributed by atoms with Crippen LogP contribution in [-0.4, -0.2) is 32.4 Å². The highest BCUT2D eigenvalue weighted by Gasteiger charge is 2.28. The second kappa shape index (κ2) is 2.81. The lowest BCUT2D eigenvalue weighted by molar-refractivity contribution is -0.140. The third-order valence-corrected chi connectivity index (χ3v) is 2.15. The zero-order valence-corrected chi connectivity index (χ0v) is 7.19. The lowest BCUT2D eigenvalue weighted by Crippen LogP contribution is -2.38. The Morgan fingerprint density at radius 1 is 1.69 bits per heavy atom. The predicted molar refractivity (Wildman–Crippen MR) is 43.1 cm³/mol. The van der Waals surface area contributed by atoms with E-state index in [1.54, 1.807) is 0 Å². The van der Waals surface area contributed by atoms with Gasteiger partial charge in [0.15, 0.2) is 11.9 Å². The van der Waals surface area contributed by atoms with Gasteiger partial charge < -0.3 is 9.67 Å². The number of nitrogens with zero attached hydrogens (tertiary/aromatic N) is 3. The van der Waals surface area contributed by atoms with Gasteiger partial charge in [0, 0.05) is 13.1 Å². The summed E-state index contributed by atoms with van der Waals surface area (Å²) in [7, 11) is 0. The van der Waals surface area contributed by atoms with Gasteiger partial charge in [0.1, 0.15) is 5.82 Å². The normalized spacial score (nSPS) is 21.2. The Hall–Kier alpha value is -1.43. The van der Waals surface area contributed by atoms with Gasteiger partial charge in [0.25, 0.3) is 0 Å². The second-order valence-electron chi connectivity index (χ2n) is 2.98. The molecule has 70 valence electrons. The summed E-state index contributed by atoms with van der Waals surface area (Å²) >= 11 is 0. The highest BCUT2D eigenvalue weighted by atomic mass is 16.4. The van der Waals surface area contributed by atoms with Crippen molar-refractivity contribution >= 4 is 5.97 Å². The standard InChI is InChI=1S/C7H10N4O2/c1-4-9-10-6-5(7(12)13)8-2-3-11(4)6/h5,8H,2-3H2,1H3,(H,12,13). The van der Waals surface area contributed by atoms with Crippen molar-refractivity contribution in [3.8, 4) is 0 Å². The monoisotopic (exact) mass is 182 g/mol. The molecule has 2 heterocycles. The largest absolute Gasteiger partial charge is 0.480 e. The van der Waals surface area contributed by atoms with Crippen molar-refractivity contribution < 1.29 is 9.90 Å². The van der Waals surface area contributed by atoms with E-state index in [1.807, 2.05) is 11.5 Å². The Labute approximate surface area is 74.6 Å². The zero-order chi connectivity index (χ0) is 9.42. The lowest BCUT2D eigenvalue weighted by Gasteiger charge is -2.21. The molecule has 1 atom stereocenters. The molecule has 6 nitrogen and oxygen atoms in total. The molecule has 0 amide bonds. The van der Waals surface area contributed by atoms with E-state index in [1.165, 1.54) is 0 Å². The number of aryl methyl sites for hydroxylation is 1. The molecule has 6 heteroatoms. The number of aliphatic carboxylic acids is 1. The number of fused-ring (bicyclic) bond motifs is 1. The molecular weight excluding hydrogens is 172 g/mol. The smallest absolute Gasteiger partial charge is 0.328 e. The first-order valence-corrected chi connectivity index (χ1v) is 4.06. The SMILES string of the molecule is Cc1nnc2n1CCNC2C(=O)O. The Morgan fingerprint density at radius 2 is 2.46 bits per heavy atom. The number of carboxylic acid groups (broad SMARTS) is 1. The fourth-order valence-electron chi connectivity index (χ4n) is 1.50. The maximum absolute atomic E-state index is 10.8. The van der Waals surface area contributed by atoms with Crippen LogP contribution in [0.15, 0.2) is 0 Å². The van der Waals surface area contributed by atoms with E-state index in [9.17, 15) is 4.79 Å². The summed E-state index contributed by atoms with van der Waals surface area (Å²) < 4.78 is 1.83. The van der Waals surface area contributed by atoms with Crippen LogP contribution < -0.4 is 5.32 Å². The van der Waals surface area contributed by atoms with Crippen LogP contribution in [-0.2, 0) is 11.3 Å². The molecular formula is C7H10N4O2. The van der Waals surface area contributed by atoms with Gasteiger partial charge in [-0.2, -0.15) is 0 Å². The fourth-order valence-corrected chi connectivity index (χ4v) is 1.50. The summed E-state index contributed by atoms with van der Waals surface area (Å²) in [6.07, 6.45) is 0. The minimum absolute atomic E-state index is 0.497. The van der Waals surface area contributed by atoms with Gasteiger partial charge in [-0.25, -0.2) is 0 Å². The molecule has 13 heavy (non-hydrogen) atoms. The van der Waals surface area contributed by atoms with Crippen molar-refractivity contribution in [3.63, 3.8) is 0 Å².